The van der Waals surface area contributed by atoms with E-state index >= 15 is 0 Å². The lowest BCUT2D eigenvalue weighted by Crippen LogP contribution is -2.38. The van der Waals surface area contributed by atoms with Crippen LogP contribution in [0.15, 0.2) is 12.2 Å². The summed E-state index contributed by atoms with van der Waals surface area (Å²) in [6, 6.07) is -0.296. The molecule has 0 aliphatic heterocycles. The van der Waals surface area contributed by atoms with Gasteiger partial charge in [0.1, 0.15) is 6.61 Å². The Bertz CT molecular complexity index is 341. The number of carbonyl (C=O) groups is 2. The number of amides is 2. The van der Waals surface area contributed by atoms with Crippen LogP contribution in [0, 0.1) is 0 Å². The second kappa shape index (κ2) is 13.1. The summed E-state index contributed by atoms with van der Waals surface area (Å²) in [7, 11) is 0. The van der Waals surface area contributed by atoms with Gasteiger partial charge in [-0.05, 0) is 27.2 Å². The van der Waals surface area contributed by atoms with Crippen molar-refractivity contribution in [2.45, 2.75) is 39.9 Å². The van der Waals surface area contributed by atoms with Crippen LogP contribution in [0.4, 0.5) is 4.79 Å². The molecule has 0 aromatic heterocycles. The largest absolute Gasteiger partial charge is 0.460 e. The third-order valence-corrected chi connectivity index (χ3v) is 2.58. The third-order valence-electron chi connectivity index (χ3n) is 2.58. The minimum Gasteiger partial charge on any atom is -0.460 e. The van der Waals surface area contributed by atoms with Gasteiger partial charge in [-0.1, -0.05) is 6.58 Å². The fourth-order valence-corrected chi connectivity index (χ4v) is 1.55. The molecule has 0 aromatic rings. The van der Waals surface area contributed by atoms with E-state index < -0.39 is 5.97 Å². The molecule has 128 valence electrons. The van der Waals surface area contributed by atoms with Crippen molar-refractivity contribution in [1.29, 1.82) is 0 Å². The first-order valence-electron chi connectivity index (χ1n) is 7.58. The molecule has 0 heterocycles. The van der Waals surface area contributed by atoms with E-state index in [1.54, 1.807) is 6.92 Å². The van der Waals surface area contributed by atoms with Gasteiger partial charge >= 0.3 is 12.0 Å². The first kappa shape index (κ1) is 20.4. The van der Waals surface area contributed by atoms with E-state index in [2.05, 4.69) is 17.2 Å². The number of carbonyl (C=O) groups excluding carboxylic acids is 2. The zero-order chi connectivity index (χ0) is 16.8. The van der Waals surface area contributed by atoms with Crippen molar-refractivity contribution < 1.29 is 23.8 Å². The van der Waals surface area contributed by atoms with Crippen LogP contribution in [0.1, 0.15) is 33.6 Å². The second-order valence-corrected chi connectivity index (χ2v) is 4.58. The van der Waals surface area contributed by atoms with Crippen molar-refractivity contribution in [2.24, 2.45) is 0 Å². The highest BCUT2D eigenvalue weighted by atomic mass is 16.7. The molecular weight excluding hydrogens is 288 g/mol. The van der Waals surface area contributed by atoms with Crippen molar-refractivity contribution in [3.8, 4) is 0 Å². The van der Waals surface area contributed by atoms with Crippen LogP contribution >= 0.6 is 0 Å². The zero-order valence-electron chi connectivity index (χ0n) is 13.8. The molecule has 0 aliphatic rings. The smallest absolute Gasteiger partial charge is 0.333 e. The van der Waals surface area contributed by atoms with E-state index in [0.29, 0.717) is 25.3 Å². The first-order chi connectivity index (χ1) is 10.5. The van der Waals surface area contributed by atoms with E-state index in [1.807, 2.05) is 13.8 Å². The Morgan fingerprint density at radius 2 is 1.68 bits per heavy atom. The Labute approximate surface area is 132 Å². The predicted octanol–water partition coefficient (Wildman–Crippen LogP) is 1.58. The van der Waals surface area contributed by atoms with Crippen molar-refractivity contribution >= 4 is 12.0 Å². The molecule has 0 spiro atoms. The Balaban J connectivity index is 3.60. The van der Waals surface area contributed by atoms with E-state index in [0.717, 1.165) is 12.8 Å². The van der Waals surface area contributed by atoms with E-state index in [1.165, 1.54) is 0 Å². The summed E-state index contributed by atoms with van der Waals surface area (Å²) in [6.45, 7) is 11.0. The van der Waals surface area contributed by atoms with Crippen LogP contribution in [0.3, 0.4) is 0 Å². The highest BCUT2D eigenvalue weighted by molar-refractivity contribution is 5.86. The summed E-state index contributed by atoms with van der Waals surface area (Å²) in [5.41, 5.74) is 0.336. The Morgan fingerprint density at radius 3 is 2.23 bits per heavy atom. The number of esters is 1. The summed E-state index contributed by atoms with van der Waals surface area (Å²) in [6.07, 6.45) is 1.25. The van der Waals surface area contributed by atoms with Gasteiger partial charge in [0.2, 0.25) is 0 Å². The van der Waals surface area contributed by atoms with Gasteiger partial charge in [0.05, 0.1) is 6.54 Å². The molecular formula is C15H28N2O5. The van der Waals surface area contributed by atoms with Crippen molar-refractivity contribution in [3.63, 3.8) is 0 Å². The number of ether oxygens (including phenoxy) is 3. The molecule has 22 heavy (non-hydrogen) atoms. The number of rotatable bonds is 12. The monoisotopic (exact) mass is 316 g/mol. The molecule has 7 nitrogen and oxygen atoms in total. The van der Waals surface area contributed by atoms with Gasteiger partial charge in [-0.3, -0.25) is 0 Å². The van der Waals surface area contributed by atoms with Crippen LogP contribution in [0.25, 0.3) is 0 Å². The topological polar surface area (TPSA) is 85.9 Å². The Morgan fingerprint density at radius 1 is 1.09 bits per heavy atom. The normalized spacial score (nSPS) is 10.4. The molecule has 0 radical (unpaired) electrons. The third kappa shape index (κ3) is 11.1. The lowest BCUT2D eigenvalue weighted by Gasteiger charge is -2.16. The van der Waals surface area contributed by atoms with Gasteiger partial charge in [0.15, 0.2) is 6.29 Å². The average Bonchev–Trinajstić information content (AvgIpc) is 2.48. The lowest BCUT2D eigenvalue weighted by molar-refractivity contribution is -0.139. The van der Waals surface area contributed by atoms with Crippen LogP contribution < -0.4 is 10.6 Å². The molecule has 2 N–H and O–H groups in total. The van der Waals surface area contributed by atoms with Gasteiger partial charge < -0.3 is 24.8 Å². The van der Waals surface area contributed by atoms with Gasteiger partial charge in [-0.25, -0.2) is 9.59 Å². The summed E-state index contributed by atoms with van der Waals surface area (Å²) < 4.78 is 15.7. The molecule has 7 heteroatoms. The summed E-state index contributed by atoms with van der Waals surface area (Å²) >= 11 is 0. The van der Waals surface area contributed by atoms with Gasteiger partial charge in [0, 0.05) is 31.8 Å². The molecule has 0 saturated carbocycles. The van der Waals surface area contributed by atoms with Gasteiger partial charge in [-0.2, -0.15) is 0 Å². The van der Waals surface area contributed by atoms with Gasteiger partial charge in [0.25, 0.3) is 0 Å². The molecule has 0 aliphatic carbocycles. The minimum absolute atomic E-state index is 0.121. The summed E-state index contributed by atoms with van der Waals surface area (Å²) in [4.78, 5) is 22.6. The fourth-order valence-electron chi connectivity index (χ4n) is 1.55. The number of nitrogens with one attached hydrogen (secondary N) is 2. The quantitative estimate of drug-likeness (QED) is 0.247. The molecule has 0 aromatic carbocycles. The standard InChI is InChI=1S/C15H28N2O5/c1-5-20-13(21-6-2)8-7-9-16-15(19)17-10-11-22-14(18)12(3)4/h13H,3,5-11H2,1-2,4H3,(H2,16,17,19). The highest BCUT2D eigenvalue weighted by Crippen LogP contribution is 2.03. The van der Waals surface area contributed by atoms with E-state index in [-0.39, 0.29) is 25.5 Å². The van der Waals surface area contributed by atoms with Crippen LogP contribution in [-0.2, 0) is 19.0 Å². The number of urea groups is 1. The minimum atomic E-state index is -0.458. The molecule has 0 rings (SSSR count). The zero-order valence-corrected chi connectivity index (χ0v) is 13.8. The van der Waals surface area contributed by atoms with Crippen LogP contribution in [-0.4, -0.2) is 51.2 Å². The maximum atomic E-state index is 11.5. The summed E-state index contributed by atoms with van der Waals surface area (Å²) in [5.74, 6) is -0.458. The molecule has 0 fully saturated rings. The van der Waals surface area contributed by atoms with Crippen molar-refractivity contribution in [1.82, 2.24) is 10.6 Å². The Hall–Kier alpha value is -1.60. The van der Waals surface area contributed by atoms with Crippen molar-refractivity contribution in [2.75, 3.05) is 32.9 Å². The second-order valence-electron chi connectivity index (χ2n) is 4.58. The average molecular weight is 316 g/mol. The highest BCUT2D eigenvalue weighted by Gasteiger charge is 2.08. The van der Waals surface area contributed by atoms with Gasteiger partial charge in [-0.15, -0.1) is 0 Å². The fraction of sp³-hybridized carbons (Fsp3) is 0.733. The molecule has 0 unspecified atom stereocenters. The molecule has 0 saturated heterocycles. The first-order valence-corrected chi connectivity index (χ1v) is 7.58. The predicted molar refractivity (Wildman–Crippen MR) is 83.4 cm³/mol. The van der Waals surface area contributed by atoms with E-state index in [4.69, 9.17) is 14.2 Å². The maximum absolute atomic E-state index is 11.5. The van der Waals surface area contributed by atoms with Crippen LogP contribution in [0.2, 0.25) is 0 Å². The lowest BCUT2D eigenvalue weighted by atomic mass is 10.3. The SMILES string of the molecule is C=C(C)C(=O)OCCNC(=O)NCCCC(OCC)OCC. The Kier molecular flexibility index (Phi) is 12.1. The van der Waals surface area contributed by atoms with E-state index in [9.17, 15) is 9.59 Å². The molecule has 2 amide bonds. The summed E-state index contributed by atoms with van der Waals surface area (Å²) in [5, 5.41) is 5.31. The number of hydrogen-bond donors (Lipinski definition) is 2. The van der Waals surface area contributed by atoms with Crippen molar-refractivity contribution in [3.05, 3.63) is 12.2 Å². The maximum Gasteiger partial charge on any atom is 0.333 e. The molecule has 0 bridgehead atoms. The van der Waals surface area contributed by atoms with Crippen LogP contribution in [0.5, 0.6) is 0 Å². The molecule has 0 atom stereocenters. The number of hydrogen-bond acceptors (Lipinski definition) is 5.